The number of ether oxygens (including phenoxy) is 1. The Bertz CT molecular complexity index is 1440. The Morgan fingerprint density at radius 1 is 1.21 bits per heavy atom. The lowest BCUT2D eigenvalue weighted by atomic mass is 9.99. The third-order valence-electron chi connectivity index (χ3n) is 6.74. The molecular formula is C26H24N8O4S. The van der Waals surface area contributed by atoms with Crippen LogP contribution in [0.5, 0.6) is 11.6 Å². The molecule has 0 aromatic carbocycles. The second-order valence-electron chi connectivity index (χ2n) is 9.20. The zero-order valence-corrected chi connectivity index (χ0v) is 21.5. The van der Waals surface area contributed by atoms with Crippen LogP contribution >= 0.6 is 11.8 Å². The molecule has 3 aromatic rings. The summed E-state index contributed by atoms with van der Waals surface area (Å²) in [4.78, 5) is 50.8. The molecule has 0 radical (unpaired) electrons. The molecule has 6 rings (SSSR count). The van der Waals surface area contributed by atoms with Gasteiger partial charge in [0.25, 0.3) is 0 Å². The van der Waals surface area contributed by atoms with Crippen molar-refractivity contribution >= 4 is 41.1 Å². The third kappa shape index (κ3) is 4.76. The number of amides is 4. The van der Waals surface area contributed by atoms with Crippen molar-refractivity contribution in [3.63, 3.8) is 0 Å². The van der Waals surface area contributed by atoms with Crippen LogP contribution in [0.4, 0.5) is 16.3 Å². The van der Waals surface area contributed by atoms with Gasteiger partial charge in [-0.2, -0.15) is 5.10 Å². The summed E-state index contributed by atoms with van der Waals surface area (Å²) in [6.45, 7) is 4.62. The number of anilines is 2. The van der Waals surface area contributed by atoms with E-state index in [4.69, 9.17) is 4.74 Å². The Labute approximate surface area is 227 Å². The highest BCUT2D eigenvalue weighted by Crippen LogP contribution is 2.50. The van der Waals surface area contributed by atoms with Gasteiger partial charge < -0.3 is 20.3 Å². The molecule has 0 bridgehead atoms. The van der Waals surface area contributed by atoms with Crippen molar-refractivity contribution < 1.29 is 19.1 Å². The number of piperidine rings is 1. The number of thioether (sulfide) groups is 1. The summed E-state index contributed by atoms with van der Waals surface area (Å²) in [6, 6.07) is 7.37. The van der Waals surface area contributed by atoms with Crippen LogP contribution in [0.1, 0.15) is 24.4 Å². The Morgan fingerprint density at radius 3 is 2.87 bits per heavy atom. The van der Waals surface area contributed by atoms with Gasteiger partial charge in [0.1, 0.15) is 21.8 Å². The Hall–Kier alpha value is -4.52. The SMILES string of the molecule is C=CC(=O)N1CCCC(NC(=O)[C@@H]2Sc3nccc4c3C2NC(=O)N4c2ccc(Oc3cccnn3)cn2)C1. The number of pyridine rings is 2. The average Bonchev–Trinajstić information content (AvgIpc) is 3.33. The molecular weight excluding hydrogens is 520 g/mol. The van der Waals surface area contributed by atoms with Crippen molar-refractivity contribution in [1.82, 2.24) is 35.7 Å². The number of carbonyl (C=O) groups excluding carboxylic acids is 3. The number of hydrogen-bond acceptors (Lipinski definition) is 9. The van der Waals surface area contributed by atoms with Crippen LogP contribution in [0.2, 0.25) is 0 Å². The van der Waals surface area contributed by atoms with Crippen molar-refractivity contribution in [2.24, 2.45) is 0 Å². The second kappa shape index (κ2) is 10.3. The first kappa shape index (κ1) is 24.8. The van der Waals surface area contributed by atoms with Gasteiger partial charge in [-0.25, -0.2) is 19.7 Å². The van der Waals surface area contributed by atoms with Gasteiger partial charge in [-0.3, -0.25) is 9.59 Å². The lowest BCUT2D eigenvalue weighted by Crippen LogP contribution is -2.53. The molecule has 0 aliphatic carbocycles. The number of likely N-dealkylation sites (tertiary alicyclic amines) is 1. The maximum absolute atomic E-state index is 13.4. The van der Waals surface area contributed by atoms with Crippen LogP contribution in [-0.4, -0.2) is 67.3 Å². The van der Waals surface area contributed by atoms with Crippen LogP contribution in [-0.2, 0) is 9.59 Å². The molecule has 1 saturated heterocycles. The molecule has 2 N–H and O–H groups in total. The molecule has 3 aliphatic rings. The highest BCUT2D eigenvalue weighted by atomic mass is 32.2. The summed E-state index contributed by atoms with van der Waals surface area (Å²) < 4.78 is 5.65. The number of urea groups is 1. The molecule has 13 heteroatoms. The zero-order valence-electron chi connectivity index (χ0n) is 20.7. The third-order valence-corrected chi connectivity index (χ3v) is 8.03. The second-order valence-corrected chi connectivity index (χ2v) is 10.3. The van der Waals surface area contributed by atoms with E-state index >= 15 is 0 Å². The van der Waals surface area contributed by atoms with Gasteiger partial charge in [-0.05, 0) is 43.2 Å². The molecule has 1 fully saturated rings. The van der Waals surface area contributed by atoms with Crippen molar-refractivity contribution in [2.45, 2.75) is 35.2 Å². The van der Waals surface area contributed by atoms with E-state index in [2.05, 4.69) is 37.4 Å². The zero-order chi connectivity index (χ0) is 26.9. The Morgan fingerprint density at radius 2 is 2.10 bits per heavy atom. The average molecular weight is 545 g/mol. The summed E-state index contributed by atoms with van der Waals surface area (Å²) in [6.07, 6.45) is 7.52. The maximum Gasteiger partial charge on any atom is 0.328 e. The summed E-state index contributed by atoms with van der Waals surface area (Å²) in [5, 5.41) is 13.8. The fraction of sp³-hybridized carbons (Fsp3) is 0.269. The van der Waals surface area contributed by atoms with Crippen LogP contribution in [0.15, 0.2) is 66.6 Å². The van der Waals surface area contributed by atoms with Gasteiger partial charge in [0.15, 0.2) is 0 Å². The van der Waals surface area contributed by atoms with Gasteiger partial charge in [0, 0.05) is 43.2 Å². The standard InChI is InChI=1S/C26H24N8O4S/c1-2-20(35)33-12-4-5-15(14-33)30-24(36)23-22-21-17(9-11-27-25(21)39-23)34(26(37)31-22)18-8-7-16(13-28-18)38-19-6-3-10-29-32-19/h2-3,6-11,13,15,22-23H,1,4-5,12,14H2,(H,30,36)(H,31,37)/t15?,22?,23-/m1/s1. The van der Waals surface area contributed by atoms with Crippen molar-refractivity contribution in [1.29, 1.82) is 0 Å². The first-order valence-electron chi connectivity index (χ1n) is 12.4. The number of nitrogens with zero attached hydrogens (tertiary/aromatic N) is 6. The van der Waals surface area contributed by atoms with E-state index in [0.717, 1.165) is 18.4 Å². The smallest absolute Gasteiger partial charge is 0.328 e. The monoisotopic (exact) mass is 544 g/mol. The largest absolute Gasteiger partial charge is 0.436 e. The topological polar surface area (TPSA) is 143 Å². The lowest BCUT2D eigenvalue weighted by molar-refractivity contribution is -0.129. The van der Waals surface area contributed by atoms with Crippen LogP contribution in [0.25, 0.3) is 0 Å². The molecule has 3 atom stereocenters. The van der Waals surface area contributed by atoms with Crippen LogP contribution in [0, 0.1) is 0 Å². The summed E-state index contributed by atoms with van der Waals surface area (Å²) >= 11 is 1.32. The van der Waals surface area contributed by atoms with Crippen LogP contribution in [0.3, 0.4) is 0 Å². The molecule has 3 aliphatic heterocycles. The first-order chi connectivity index (χ1) is 19.0. The van der Waals surface area contributed by atoms with Gasteiger partial charge in [0.2, 0.25) is 17.7 Å². The molecule has 12 nitrogen and oxygen atoms in total. The number of rotatable bonds is 6. The molecule has 198 valence electrons. The van der Waals surface area contributed by atoms with Gasteiger partial charge in [-0.15, -0.1) is 5.10 Å². The van der Waals surface area contributed by atoms with Crippen molar-refractivity contribution in [3.05, 3.63) is 67.1 Å². The lowest BCUT2D eigenvalue weighted by Gasteiger charge is -2.35. The van der Waals surface area contributed by atoms with Crippen molar-refractivity contribution in [3.8, 4) is 11.6 Å². The predicted molar refractivity (Wildman–Crippen MR) is 142 cm³/mol. The molecule has 4 amide bonds. The van der Waals surface area contributed by atoms with Gasteiger partial charge in [-0.1, -0.05) is 18.3 Å². The first-order valence-corrected chi connectivity index (χ1v) is 13.3. The summed E-state index contributed by atoms with van der Waals surface area (Å²) in [5.41, 5.74) is 1.39. The summed E-state index contributed by atoms with van der Waals surface area (Å²) in [7, 11) is 0. The number of aromatic nitrogens is 4. The minimum atomic E-state index is -0.596. The van der Waals surface area contributed by atoms with E-state index in [1.54, 1.807) is 47.6 Å². The number of carbonyl (C=O) groups is 3. The maximum atomic E-state index is 13.4. The molecule has 0 saturated carbocycles. The predicted octanol–water partition coefficient (Wildman–Crippen LogP) is 2.73. The molecule has 6 heterocycles. The van der Waals surface area contributed by atoms with E-state index in [0.29, 0.717) is 41.3 Å². The van der Waals surface area contributed by atoms with E-state index in [-0.39, 0.29) is 17.9 Å². The van der Waals surface area contributed by atoms with Crippen molar-refractivity contribution in [2.75, 3.05) is 18.0 Å². The van der Waals surface area contributed by atoms with E-state index in [1.165, 1.54) is 28.9 Å². The van der Waals surface area contributed by atoms with E-state index < -0.39 is 17.3 Å². The van der Waals surface area contributed by atoms with Gasteiger partial charge >= 0.3 is 6.03 Å². The van der Waals surface area contributed by atoms with Gasteiger partial charge in [0.05, 0.1) is 17.9 Å². The number of nitrogens with one attached hydrogen (secondary N) is 2. The molecule has 2 unspecified atom stereocenters. The minimum absolute atomic E-state index is 0.146. The highest BCUT2D eigenvalue weighted by Gasteiger charge is 2.47. The fourth-order valence-corrected chi connectivity index (χ4v) is 6.22. The minimum Gasteiger partial charge on any atom is -0.436 e. The van der Waals surface area contributed by atoms with E-state index in [9.17, 15) is 14.4 Å². The fourth-order valence-electron chi connectivity index (χ4n) is 4.99. The Kier molecular flexibility index (Phi) is 6.57. The molecule has 39 heavy (non-hydrogen) atoms. The summed E-state index contributed by atoms with van der Waals surface area (Å²) in [5.74, 6) is 0.805. The Balaban J connectivity index is 1.20. The number of hydrogen-bond donors (Lipinski definition) is 2. The molecule has 0 spiro atoms. The quantitative estimate of drug-likeness (QED) is 0.448. The highest BCUT2D eigenvalue weighted by molar-refractivity contribution is 8.01. The van der Waals surface area contributed by atoms with Crippen LogP contribution < -0.4 is 20.3 Å². The van der Waals surface area contributed by atoms with E-state index in [1.807, 2.05) is 0 Å². The molecule has 3 aromatic heterocycles. The normalized spacial score (nSPS) is 21.5.